The van der Waals surface area contributed by atoms with Crippen LogP contribution in [-0.4, -0.2) is 16.1 Å². The number of hydrogen-bond donors (Lipinski definition) is 1. The van der Waals surface area contributed by atoms with E-state index in [2.05, 4.69) is 48.1 Å². The van der Waals surface area contributed by atoms with Crippen molar-refractivity contribution in [1.82, 2.24) is 9.55 Å². The summed E-state index contributed by atoms with van der Waals surface area (Å²) >= 11 is 0. The molecule has 0 aliphatic rings. The molecule has 2 aromatic rings. The number of nitrogens with one attached hydrogen (secondary N) is 1. The van der Waals surface area contributed by atoms with Gasteiger partial charge in [0, 0.05) is 25.5 Å². The summed E-state index contributed by atoms with van der Waals surface area (Å²) < 4.78 is 2.04. The zero-order chi connectivity index (χ0) is 12.8. The van der Waals surface area contributed by atoms with E-state index >= 15 is 0 Å². The smallest absolute Gasteiger partial charge is 0.203 e. The normalized spacial score (nSPS) is 10.3. The van der Waals surface area contributed by atoms with E-state index in [4.69, 9.17) is 0 Å². The lowest BCUT2D eigenvalue weighted by Crippen LogP contribution is -2.10. The van der Waals surface area contributed by atoms with Crippen LogP contribution in [-0.2, 0) is 13.0 Å². The molecule has 0 fully saturated rings. The van der Waals surface area contributed by atoms with Crippen LogP contribution in [0.15, 0.2) is 49.3 Å². The molecule has 1 heterocycles. The molecule has 3 nitrogen and oxygen atoms in total. The quantitative estimate of drug-likeness (QED) is 0.788. The summed E-state index contributed by atoms with van der Waals surface area (Å²) in [7, 11) is 0. The minimum Gasteiger partial charge on any atom is -0.355 e. The number of hydrogen-bond acceptors (Lipinski definition) is 2. The van der Waals surface area contributed by atoms with Crippen molar-refractivity contribution in [2.75, 3.05) is 11.9 Å². The molecule has 0 amide bonds. The van der Waals surface area contributed by atoms with Crippen LogP contribution in [0.1, 0.15) is 11.1 Å². The highest BCUT2D eigenvalue weighted by atomic mass is 15.2. The summed E-state index contributed by atoms with van der Waals surface area (Å²) in [6.07, 6.45) is 6.63. The van der Waals surface area contributed by atoms with Crippen molar-refractivity contribution in [2.45, 2.75) is 19.9 Å². The fraction of sp³-hybridized carbons (Fsp3) is 0.267. The molecule has 1 N–H and O–H groups in total. The maximum absolute atomic E-state index is 4.29. The van der Waals surface area contributed by atoms with Gasteiger partial charge in [-0.3, -0.25) is 0 Å². The van der Waals surface area contributed by atoms with Crippen molar-refractivity contribution >= 4 is 5.95 Å². The fourth-order valence-corrected chi connectivity index (χ4v) is 1.95. The van der Waals surface area contributed by atoms with Crippen molar-refractivity contribution in [3.63, 3.8) is 0 Å². The van der Waals surface area contributed by atoms with Crippen LogP contribution >= 0.6 is 0 Å². The molecular weight excluding hydrogens is 222 g/mol. The van der Waals surface area contributed by atoms with Crippen LogP contribution in [0.5, 0.6) is 0 Å². The van der Waals surface area contributed by atoms with Gasteiger partial charge in [0.2, 0.25) is 5.95 Å². The van der Waals surface area contributed by atoms with Gasteiger partial charge in [-0.15, -0.1) is 6.58 Å². The third-order valence-corrected chi connectivity index (χ3v) is 2.82. The lowest BCUT2D eigenvalue weighted by molar-refractivity contribution is 0.817. The van der Waals surface area contributed by atoms with Crippen LogP contribution < -0.4 is 5.32 Å². The summed E-state index contributed by atoms with van der Waals surface area (Å²) in [5, 5.41) is 3.35. The third-order valence-electron chi connectivity index (χ3n) is 2.82. The molecule has 0 aliphatic heterocycles. The first-order chi connectivity index (χ1) is 8.79. The van der Waals surface area contributed by atoms with Gasteiger partial charge in [-0.2, -0.15) is 0 Å². The number of nitrogens with zero attached hydrogens (tertiary/aromatic N) is 2. The second kappa shape index (κ2) is 6.05. The minimum atomic E-state index is 0.785. The Labute approximate surface area is 108 Å². The number of aromatic nitrogens is 2. The lowest BCUT2D eigenvalue weighted by atomic mass is 10.1. The van der Waals surface area contributed by atoms with E-state index in [1.165, 1.54) is 11.1 Å². The molecule has 0 saturated heterocycles. The molecule has 0 atom stereocenters. The first kappa shape index (κ1) is 12.4. The molecule has 0 bridgehead atoms. The number of anilines is 1. The molecule has 3 heteroatoms. The van der Waals surface area contributed by atoms with E-state index in [0.29, 0.717) is 0 Å². The Balaban J connectivity index is 1.88. The van der Waals surface area contributed by atoms with Gasteiger partial charge in [0.1, 0.15) is 0 Å². The fourth-order valence-electron chi connectivity index (χ4n) is 1.95. The van der Waals surface area contributed by atoms with E-state index in [0.717, 1.165) is 25.5 Å². The predicted octanol–water partition coefficient (Wildman–Crippen LogP) is 3.03. The van der Waals surface area contributed by atoms with Crippen molar-refractivity contribution in [3.8, 4) is 0 Å². The Morgan fingerprint density at radius 2 is 2.33 bits per heavy atom. The molecule has 94 valence electrons. The molecule has 0 spiro atoms. The largest absolute Gasteiger partial charge is 0.355 e. The predicted molar refractivity (Wildman–Crippen MR) is 75.8 cm³/mol. The van der Waals surface area contributed by atoms with Crippen molar-refractivity contribution < 1.29 is 0 Å². The van der Waals surface area contributed by atoms with Gasteiger partial charge in [-0.05, 0) is 18.9 Å². The highest BCUT2D eigenvalue weighted by Gasteiger charge is 2.00. The van der Waals surface area contributed by atoms with E-state index in [-0.39, 0.29) is 0 Å². The molecule has 0 saturated carbocycles. The average Bonchev–Trinajstić information content (AvgIpc) is 2.78. The SMILES string of the molecule is C=CCn1ccnc1NCCc1cccc(C)c1. The Hall–Kier alpha value is -2.03. The first-order valence-electron chi connectivity index (χ1n) is 6.21. The maximum atomic E-state index is 4.29. The molecule has 1 aromatic heterocycles. The van der Waals surface area contributed by atoms with Gasteiger partial charge >= 0.3 is 0 Å². The van der Waals surface area contributed by atoms with Crippen LogP contribution in [0, 0.1) is 6.92 Å². The Morgan fingerprint density at radius 1 is 1.44 bits per heavy atom. The van der Waals surface area contributed by atoms with Crippen molar-refractivity contribution in [1.29, 1.82) is 0 Å². The Morgan fingerprint density at radius 3 is 3.11 bits per heavy atom. The molecule has 0 aliphatic carbocycles. The van der Waals surface area contributed by atoms with Crippen LogP contribution in [0.25, 0.3) is 0 Å². The molecule has 0 unspecified atom stereocenters. The molecule has 2 rings (SSSR count). The minimum absolute atomic E-state index is 0.785. The second-order valence-corrected chi connectivity index (χ2v) is 4.36. The zero-order valence-electron chi connectivity index (χ0n) is 10.8. The van der Waals surface area contributed by atoms with E-state index in [1.807, 2.05) is 16.8 Å². The van der Waals surface area contributed by atoms with Gasteiger partial charge in [0.15, 0.2) is 0 Å². The number of aryl methyl sites for hydroxylation is 1. The monoisotopic (exact) mass is 241 g/mol. The molecule has 18 heavy (non-hydrogen) atoms. The van der Waals surface area contributed by atoms with Gasteiger partial charge in [0.05, 0.1) is 0 Å². The van der Waals surface area contributed by atoms with Gasteiger partial charge in [0.25, 0.3) is 0 Å². The van der Waals surface area contributed by atoms with Gasteiger partial charge in [-0.25, -0.2) is 4.98 Å². The number of benzene rings is 1. The number of imidazole rings is 1. The van der Waals surface area contributed by atoms with Crippen LogP contribution in [0.2, 0.25) is 0 Å². The standard InChI is InChI=1S/C15H19N3/c1-3-10-18-11-9-17-15(18)16-8-7-14-6-4-5-13(2)12-14/h3-6,9,11-12H,1,7-8,10H2,2H3,(H,16,17). The van der Waals surface area contributed by atoms with Crippen molar-refractivity contribution in [2.24, 2.45) is 0 Å². The van der Waals surface area contributed by atoms with E-state index < -0.39 is 0 Å². The summed E-state index contributed by atoms with van der Waals surface area (Å²) in [5.74, 6) is 0.905. The topological polar surface area (TPSA) is 29.9 Å². The Kier molecular flexibility index (Phi) is 4.18. The second-order valence-electron chi connectivity index (χ2n) is 4.36. The van der Waals surface area contributed by atoms with Gasteiger partial charge in [-0.1, -0.05) is 35.9 Å². The van der Waals surface area contributed by atoms with Crippen molar-refractivity contribution in [3.05, 3.63) is 60.4 Å². The third kappa shape index (κ3) is 3.23. The maximum Gasteiger partial charge on any atom is 0.203 e. The molecule has 0 radical (unpaired) electrons. The van der Waals surface area contributed by atoms with E-state index in [9.17, 15) is 0 Å². The highest BCUT2D eigenvalue weighted by molar-refractivity contribution is 5.28. The number of allylic oxidation sites excluding steroid dienone is 1. The summed E-state index contributed by atoms with van der Waals surface area (Å²) in [5.41, 5.74) is 2.66. The summed E-state index contributed by atoms with van der Waals surface area (Å²) in [6, 6.07) is 8.60. The first-order valence-corrected chi connectivity index (χ1v) is 6.21. The zero-order valence-corrected chi connectivity index (χ0v) is 10.8. The summed E-state index contributed by atoms with van der Waals surface area (Å²) in [6.45, 7) is 7.53. The molecule has 1 aromatic carbocycles. The Bertz CT molecular complexity index is 514. The molecular formula is C15H19N3. The highest BCUT2D eigenvalue weighted by Crippen LogP contribution is 2.07. The number of rotatable bonds is 6. The summed E-state index contributed by atoms with van der Waals surface area (Å²) in [4.78, 5) is 4.29. The van der Waals surface area contributed by atoms with E-state index in [1.54, 1.807) is 6.20 Å². The van der Waals surface area contributed by atoms with Crippen LogP contribution in [0.3, 0.4) is 0 Å². The van der Waals surface area contributed by atoms with Crippen LogP contribution in [0.4, 0.5) is 5.95 Å². The average molecular weight is 241 g/mol. The van der Waals surface area contributed by atoms with Gasteiger partial charge < -0.3 is 9.88 Å². The lowest BCUT2D eigenvalue weighted by Gasteiger charge is -2.08.